The number of aryl methyl sites for hydroxylation is 1. The molecule has 0 bridgehead atoms. The Hall–Kier alpha value is -2.86. The summed E-state index contributed by atoms with van der Waals surface area (Å²) in [6.45, 7) is 5.25. The predicted molar refractivity (Wildman–Crippen MR) is 135 cm³/mol. The minimum absolute atomic E-state index is 0.156. The summed E-state index contributed by atoms with van der Waals surface area (Å²) in [6.07, 6.45) is 2.77. The number of aldehydes is 1. The van der Waals surface area contributed by atoms with Gasteiger partial charge in [0, 0.05) is 0 Å². The Labute approximate surface area is 203 Å². The summed E-state index contributed by atoms with van der Waals surface area (Å²) in [5, 5.41) is 0.792. The molecule has 3 rings (SSSR count). The second-order valence-electron chi connectivity index (χ2n) is 7.92. The first-order valence-corrected chi connectivity index (χ1v) is 12.9. The van der Waals surface area contributed by atoms with Gasteiger partial charge in [-0.1, -0.05) is 12.1 Å². The van der Waals surface area contributed by atoms with Crippen LogP contribution in [0.15, 0.2) is 39.6 Å². The molecule has 182 valence electrons. The molecule has 1 heterocycles. The molecule has 0 aliphatic heterocycles. The van der Waals surface area contributed by atoms with Gasteiger partial charge in [0.25, 0.3) is 10.0 Å². The number of carbonyl (C=O) groups is 1. The first-order chi connectivity index (χ1) is 16.2. The van der Waals surface area contributed by atoms with Gasteiger partial charge in [-0.25, -0.2) is 10.4 Å². The monoisotopic (exact) mass is 503 g/mol. The molecule has 2 atom stereocenters. The summed E-state index contributed by atoms with van der Waals surface area (Å²) in [6, 6.07) is 8.56. The van der Waals surface area contributed by atoms with Crippen LogP contribution < -0.4 is 21.3 Å². The molecule has 0 saturated heterocycles. The fourth-order valence-electron chi connectivity index (χ4n) is 3.64. The number of benzene rings is 2. The number of nitrogens with zero attached hydrogens (tertiary/aromatic N) is 2. The predicted octanol–water partition coefficient (Wildman–Crippen LogP) is 3.09. The molecule has 4 N–H and O–H groups in total. The summed E-state index contributed by atoms with van der Waals surface area (Å²) in [4.78, 5) is 15.8. The molecule has 34 heavy (non-hydrogen) atoms. The highest BCUT2D eigenvalue weighted by molar-refractivity contribution is 7.90. The van der Waals surface area contributed by atoms with E-state index in [9.17, 15) is 13.2 Å². The third-order valence-corrected chi connectivity index (χ3v) is 8.22. The molecular weight excluding hydrogens is 474 g/mol. The second-order valence-corrected chi connectivity index (χ2v) is 10.6. The number of methoxy groups -OCH3 is 1. The summed E-state index contributed by atoms with van der Waals surface area (Å²) in [5.74, 6) is 0.630. The normalized spacial score (nSPS) is 13.8. The quantitative estimate of drug-likeness (QED) is 0.157. The zero-order chi connectivity index (χ0) is 24.9. The summed E-state index contributed by atoms with van der Waals surface area (Å²) in [5.41, 5.74) is 14.3. The lowest BCUT2D eigenvalue weighted by Gasteiger charge is -2.17. The molecule has 0 amide bonds. The molecule has 1 aromatic heterocycles. The lowest BCUT2D eigenvalue weighted by atomic mass is 10.1. The van der Waals surface area contributed by atoms with E-state index in [1.54, 1.807) is 27.0 Å². The van der Waals surface area contributed by atoms with Crippen LogP contribution in [-0.2, 0) is 14.8 Å². The smallest absolute Gasteiger partial charge is 0.284 e. The van der Waals surface area contributed by atoms with Crippen LogP contribution in [0.25, 0.3) is 10.2 Å². The standard InChI is InChI=1S/C23H29N5O4S2/c1-14-11-20(32-4)15(2)16(3)22(14)34(30,31)26-13-25-28-19(10-9-17(24)12-29)23-27-18-7-5-6-8-21(18)33-23/h5-8,11-13,17,19,28H,9-10,24H2,1-4H3,(H,25,26)/t17-,19?/m0/s1. The number of carbonyl (C=O) groups excluding carboxylic acids is 1. The van der Waals surface area contributed by atoms with E-state index in [2.05, 4.69) is 20.2 Å². The van der Waals surface area contributed by atoms with Crippen LogP contribution in [0.1, 0.15) is 40.6 Å². The van der Waals surface area contributed by atoms with Gasteiger partial charge in [0.1, 0.15) is 23.4 Å². The van der Waals surface area contributed by atoms with Gasteiger partial charge in [0.2, 0.25) is 0 Å². The lowest BCUT2D eigenvalue weighted by Crippen LogP contribution is -2.35. The number of aromatic nitrogens is 1. The number of fused-ring (bicyclic) bond motifs is 1. The van der Waals surface area contributed by atoms with E-state index >= 15 is 0 Å². The molecule has 0 fully saturated rings. The topological polar surface area (TPSA) is 136 Å². The molecule has 0 aliphatic rings. The maximum atomic E-state index is 12.9. The number of hydrogen-bond donors (Lipinski definition) is 3. The fraction of sp³-hybridized carbons (Fsp3) is 0.348. The van der Waals surface area contributed by atoms with Gasteiger partial charge >= 0.3 is 0 Å². The SMILES string of the molecule is COc1cc(C)c(S(=O)(=O)N=CNNC(CC[C@H](N)C=O)c2nc3ccccc3s2)c(C)c1C. The van der Waals surface area contributed by atoms with E-state index in [0.29, 0.717) is 36.0 Å². The number of hydrazine groups is 1. The number of ether oxygens (including phenoxy) is 1. The highest BCUT2D eigenvalue weighted by Gasteiger charge is 2.22. The molecule has 0 spiro atoms. The maximum Gasteiger partial charge on any atom is 0.284 e. The highest BCUT2D eigenvalue weighted by Crippen LogP contribution is 2.31. The van der Waals surface area contributed by atoms with E-state index in [4.69, 9.17) is 10.5 Å². The summed E-state index contributed by atoms with van der Waals surface area (Å²) < 4.78 is 36.0. The number of thiazole rings is 1. The van der Waals surface area contributed by atoms with Crippen LogP contribution in [0.5, 0.6) is 5.75 Å². The Balaban J connectivity index is 1.78. The molecule has 0 saturated carbocycles. The molecule has 9 nitrogen and oxygen atoms in total. The molecule has 1 unspecified atom stereocenters. The Bertz CT molecular complexity index is 1270. The fourth-order valence-corrected chi connectivity index (χ4v) is 6.00. The van der Waals surface area contributed by atoms with Crippen molar-refractivity contribution in [2.45, 2.75) is 50.6 Å². The second kappa shape index (κ2) is 11.0. The van der Waals surface area contributed by atoms with Crippen molar-refractivity contribution in [2.75, 3.05) is 7.11 Å². The minimum atomic E-state index is -3.95. The van der Waals surface area contributed by atoms with Crippen molar-refractivity contribution in [2.24, 2.45) is 10.1 Å². The van der Waals surface area contributed by atoms with E-state index in [0.717, 1.165) is 27.1 Å². The Morgan fingerprint density at radius 2 is 1.94 bits per heavy atom. The molecule has 3 aromatic rings. The number of sulfonamides is 1. The lowest BCUT2D eigenvalue weighted by molar-refractivity contribution is -0.109. The van der Waals surface area contributed by atoms with Crippen molar-refractivity contribution >= 4 is 44.2 Å². The Morgan fingerprint density at radius 1 is 1.21 bits per heavy atom. The summed E-state index contributed by atoms with van der Waals surface area (Å²) >= 11 is 1.52. The van der Waals surface area contributed by atoms with Gasteiger partial charge in [-0.15, -0.1) is 15.7 Å². The minimum Gasteiger partial charge on any atom is -0.496 e. The van der Waals surface area contributed by atoms with Crippen LogP contribution in [0.4, 0.5) is 0 Å². The number of nitrogens with one attached hydrogen (secondary N) is 2. The zero-order valence-electron chi connectivity index (χ0n) is 19.5. The van der Waals surface area contributed by atoms with Gasteiger partial charge in [0.05, 0.1) is 34.3 Å². The van der Waals surface area contributed by atoms with Gasteiger partial charge in [-0.3, -0.25) is 0 Å². The van der Waals surface area contributed by atoms with E-state index in [1.807, 2.05) is 31.2 Å². The van der Waals surface area contributed by atoms with Crippen molar-refractivity contribution in [3.05, 3.63) is 52.0 Å². The number of rotatable bonds is 11. The van der Waals surface area contributed by atoms with Crippen molar-refractivity contribution in [1.82, 2.24) is 15.8 Å². The van der Waals surface area contributed by atoms with Crippen LogP contribution in [0.3, 0.4) is 0 Å². The third-order valence-electron chi connectivity index (χ3n) is 5.54. The maximum absolute atomic E-state index is 12.9. The summed E-state index contributed by atoms with van der Waals surface area (Å²) in [7, 11) is -2.40. The van der Waals surface area contributed by atoms with Crippen molar-refractivity contribution in [3.63, 3.8) is 0 Å². The van der Waals surface area contributed by atoms with E-state index in [1.165, 1.54) is 11.3 Å². The molecule has 0 aliphatic carbocycles. The molecular formula is C23H29N5O4S2. The van der Waals surface area contributed by atoms with Crippen molar-refractivity contribution in [1.29, 1.82) is 0 Å². The number of para-hydroxylation sites is 1. The molecule has 2 aromatic carbocycles. The van der Waals surface area contributed by atoms with Gasteiger partial charge in [-0.05, 0) is 68.5 Å². The van der Waals surface area contributed by atoms with Crippen LogP contribution in [-0.4, -0.2) is 39.2 Å². The van der Waals surface area contributed by atoms with Gasteiger partial charge in [0.15, 0.2) is 0 Å². The number of hydrogen-bond acceptors (Lipinski definition) is 8. The van der Waals surface area contributed by atoms with Crippen molar-refractivity contribution < 1.29 is 17.9 Å². The Kier molecular flexibility index (Phi) is 8.37. The largest absolute Gasteiger partial charge is 0.496 e. The van der Waals surface area contributed by atoms with Crippen LogP contribution in [0.2, 0.25) is 0 Å². The first-order valence-electron chi connectivity index (χ1n) is 10.7. The van der Waals surface area contributed by atoms with Crippen LogP contribution in [0, 0.1) is 20.8 Å². The Morgan fingerprint density at radius 3 is 2.62 bits per heavy atom. The number of nitrogens with two attached hydrogens (primary N) is 1. The first kappa shape index (κ1) is 25.8. The average Bonchev–Trinajstić information content (AvgIpc) is 3.24. The van der Waals surface area contributed by atoms with Crippen LogP contribution >= 0.6 is 11.3 Å². The van der Waals surface area contributed by atoms with Gasteiger partial charge < -0.3 is 20.7 Å². The van der Waals surface area contributed by atoms with Crippen molar-refractivity contribution in [3.8, 4) is 5.75 Å². The third kappa shape index (κ3) is 5.79. The van der Waals surface area contributed by atoms with Gasteiger partial charge in [-0.2, -0.15) is 8.42 Å². The molecule has 0 radical (unpaired) electrons. The zero-order valence-corrected chi connectivity index (χ0v) is 21.2. The average molecular weight is 504 g/mol. The van der Waals surface area contributed by atoms with E-state index < -0.39 is 16.1 Å². The highest BCUT2D eigenvalue weighted by atomic mass is 32.2. The molecule has 11 heteroatoms. The van der Waals surface area contributed by atoms with E-state index in [-0.39, 0.29) is 10.9 Å².